The Bertz CT molecular complexity index is 831. The van der Waals surface area contributed by atoms with Crippen LogP contribution >= 0.6 is 11.6 Å². The van der Waals surface area contributed by atoms with Crippen LogP contribution in [0.3, 0.4) is 0 Å². The van der Waals surface area contributed by atoms with Crippen LogP contribution in [-0.4, -0.2) is 19.3 Å². The molecule has 0 amide bonds. The predicted octanol–water partition coefficient (Wildman–Crippen LogP) is 2.54. The van der Waals surface area contributed by atoms with Crippen molar-refractivity contribution in [2.75, 3.05) is 0 Å². The van der Waals surface area contributed by atoms with Gasteiger partial charge < -0.3 is 4.42 Å². The number of hydrogen-bond acceptors (Lipinski definition) is 4. The molecule has 3 aromatic rings. The molecular formula is C14H15ClN4O2. The molecule has 0 bridgehead atoms. The van der Waals surface area contributed by atoms with Gasteiger partial charge in [-0.25, -0.2) is 14.5 Å². The summed E-state index contributed by atoms with van der Waals surface area (Å²) in [7, 11) is 0. The monoisotopic (exact) mass is 306 g/mol. The third-order valence-electron chi connectivity index (χ3n) is 3.16. The first-order chi connectivity index (χ1) is 10.0. The SMILES string of the molecule is CC(C)Cn1ncnc1Cn1c(=O)oc2cc(Cl)ccc21. The van der Waals surface area contributed by atoms with Crippen LogP contribution in [0.1, 0.15) is 19.7 Å². The fourth-order valence-electron chi connectivity index (χ4n) is 2.24. The van der Waals surface area contributed by atoms with Gasteiger partial charge >= 0.3 is 5.76 Å². The maximum Gasteiger partial charge on any atom is 0.420 e. The van der Waals surface area contributed by atoms with Crippen molar-refractivity contribution in [3.63, 3.8) is 0 Å². The van der Waals surface area contributed by atoms with Gasteiger partial charge in [-0.05, 0) is 18.1 Å². The Labute approximate surface area is 126 Å². The van der Waals surface area contributed by atoms with Crippen LogP contribution in [-0.2, 0) is 13.1 Å². The fraction of sp³-hybridized carbons (Fsp3) is 0.357. The molecule has 0 aliphatic heterocycles. The maximum atomic E-state index is 12.0. The molecule has 0 aliphatic rings. The summed E-state index contributed by atoms with van der Waals surface area (Å²) in [6, 6.07) is 5.13. The van der Waals surface area contributed by atoms with Crippen LogP contribution in [0.2, 0.25) is 5.02 Å². The van der Waals surface area contributed by atoms with E-state index in [1.165, 1.54) is 10.9 Å². The zero-order valence-corrected chi connectivity index (χ0v) is 12.5. The second-order valence-corrected chi connectivity index (χ2v) is 5.75. The molecule has 110 valence electrons. The first kappa shape index (κ1) is 13.9. The third-order valence-corrected chi connectivity index (χ3v) is 3.40. The molecule has 0 fully saturated rings. The van der Waals surface area contributed by atoms with Crippen LogP contribution in [0.5, 0.6) is 0 Å². The highest BCUT2D eigenvalue weighted by molar-refractivity contribution is 6.31. The summed E-state index contributed by atoms with van der Waals surface area (Å²) >= 11 is 5.91. The summed E-state index contributed by atoms with van der Waals surface area (Å²) in [6.07, 6.45) is 1.50. The molecule has 1 aromatic carbocycles. The van der Waals surface area contributed by atoms with E-state index in [2.05, 4.69) is 23.9 Å². The molecule has 0 saturated carbocycles. The van der Waals surface area contributed by atoms with Gasteiger partial charge in [0, 0.05) is 17.6 Å². The van der Waals surface area contributed by atoms with E-state index in [1.807, 2.05) is 4.68 Å². The largest absolute Gasteiger partial charge is 0.420 e. The van der Waals surface area contributed by atoms with Gasteiger partial charge in [0.25, 0.3) is 0 Å². The Kier molecular flexibility index (Phi) is 3.55. The Hall–Kier alpha value is -2.08. The normalized spacial score (nSPS) is 11.6. The minimum atomic E-state index is -0.425. The van der Waals surface area contributed by atoms with Crippen LogP contribution in [0, 0.1) is 5.92 Å². The summed E-state index contributed by atoms with van der Waals surface area (Å²) in [5, 5.41) is 4.73. The second-order valence-electron chi connectivity index (χ2n) is 5.32. The van der Waals surface area contributed by atoms with E-state index in [0.717, 1.165) is 12.4 Å². The lowest BCUT2D eigenvalue weighted by atomic mass is 10.2. The Morgan fingerprint density at radius 1 is 1.38 bits per heavy atom. The average Bonchev–Trinajstić information content (AvgIpc) is 2.95. The average molecular weight is 307 g/mol. The van der Waals surface area contributed by atoms with Crippen molar-refractivity contribution in [2.24, 2.45) is 5.92 Å². The van der Waals surface area contributed by atoms with E-state index < -0.39 is 5.76 Å². The summed E-state index contributed by atoms with van der Waals surface area (Å²) in [5.41, 5.74) is 1.17. The van der Waals surface area contributed by atoms with Gasteiger partial charge in [-0.3, -0.25) is 4.57 Å². The molecule has 6 nitrogen and oxygen atoms in total. The number of halogens is 1. The highest BCUT2D eigenvalue weighted by atomic mass is 35.5. The van der Waals surface area contributed by atoms with Crippen molar-refractivity contribution < 1.29 is 4.42 Å². The van der Waals surface area contributed by atoms with Gasteiger partial charge in [-0.2, -0.15) is 5.10 Å². The molecule has 0 unspecified atom stereocenters. The molecule has 21 heavy (non-hydrogen) atoms. The quantitative estimate of drug-likeness (QED) is 0.743. The summed E-state index contributed by atoms with van der Waals surface area (Å²) in [6.45, 7) is 5.28. The van der Waals surface area contributed by atoms with Gasteiger partial charge in [-0.1, -0.05) is 25.4 Å². The lowest BCUT2D eigenvalue weighted by molar-refractivity contribution is 0.453. The van der Waals surface area contributed by atoms with Crippen molar-refractivity contribution in [3.05, 3.63) is 45.9 Å². The van der Waals surface area contributed by atoms with Crippen molar-refractivity contribution >= 4 is 22.7 Å². The van der Waals surface area contributed by atoms with Crippen molar-refractivity contribution in [2.45, 2.75) is 26.9 Å². The van der Waals surface area contributed by atoms with E-state index in [4.69, 9.17) is 16.0 Å². The van der Waals surface area contributed by atoms with Crippen molar-refractivity contribution in [1.29, 1.82) is 0 Å². The number of oxazole rings is 1. The van der Waals surface area contributed by atoms with E-state index in [1.54, 1.807) is 18.2 Å². The van der Waals surface area contributed by atoms with Crippen LogP contribution in [0.15, 0.2) is 33.7 Å². The standard InChI is InChI=1S/C14H15ClN4O2/c1-9(2)6-19-13(16-8-17-19)7-18-11-4-3-10(15)5-12(11)21-14(18)20/h3-5,8-9H,6-7H2,1-2H3. The minimum absolute atomic E-state index is 0.320. The Morgan fingerprint density at radius 3 is 2.95 bits per heavy atom. The van der Waals surface area contributed by atoms with Crippen molar-refractivity contribution in [1.82, 2.24) is 19.3 Å². The maximum absolute atomic E-state index is 12.0. The number of hydrogen-bond donors (Lipinski definition) is 0. The Morgan fingerprint density at radius 2 is 2.19 bits per heavy atom. The molecule has 3 rings (SSSR count). The lowest BCUT2D eigenvalue weighted by Gasteiger charge is -2.08. The topological polar surface area (TPSA) is 65.8 Å². The summed E-state index contributed by atoms with van der Waals surface area (Å²) < 4.78 is 8.56. The number of rotatable bonds is 4. The smallest absolute Gasteiger partial charge is 0.408 e. The van der Waals surface area contributed by atoms with E-state index in [-0.39, 0.29) is 0 Å². The number of fused-ring (bicyclic) bond motifs is 1. The summed E-state index contributed by atoms with van der Waals surface area (Å²) in [5.74, 6) is 0.747. The molecule has 0 spiro atoms. The molecule has 2 aromatic heterocycles. The van der Waals surface area contributed by atoms with Gasteiger partial charge in [0.15, 0.2) is 5.58 Å². The highest BCUT2D eigenvalue weighted by Crippen LogP contribution is 2.19. The lowest BCUT2D eigenvalue weighted by Crippen LogP contribution is -2.19. The highest BCUT2D eigenvalue weighted by Gasteiger charge is 2.13. The third kappa shape index (κ3) is 2.71. The summed E-state index contributed by atoms with van der Waals surface area (Å²) in [4.78, 5) is 16.2. The van der Waals surface area contributed by atoms with Crippen LogP contribution < -0.4 is 5.76 Å². The first-order valence-electron chi connectivity index (χ1n) is 6.70. The van der Waals surface area contributed by atoms with E-state index in [0.29, 0.717) is 28.6 Å². The zero-order valence-electron chi connectivity index (χ0n) is 11.8. The fourth-order valence-corrected chi connectivity index (χ4v) is 2.40. The van der Waals surface area contributed by atoms with Crippen LogP contribution in [0.25, 0.3) is 11.1 Å². The van der Waals surface area contributed by atoms with Crippen LogP contribution in [0.4, 0.5) is 0 Å². The van der Waals surface area contributed by atoms with Crippen molar-refractivity contribution in [3.8, 4) is 0 Å². The van der Waals surface area contributed by atoms with Gasteiger partial charge in [0.2, 0.25) is 0 Å². The van der Waals surface area contributed by atoms with Gasteiger partial charge in [-0.15, -0.1) is 0 Å². The number of nitrogens with zero attached hydrogens (tertiary/aromatic N) is 4. The zero-order chi connectivity index (χ0) is 15.0. The molecule has 0 radical (unpaired) electrons. The molecule has 0 N–H and O–H groups in total. The molecule has 7 heteroatoms. The molecule has 0 atom stereocenters. The number of benzene rings is 1. The molecule has 2 heterocycles. The molecule has 0 saturated heterocycles. The molecule has 0 aliphatic carbocycles. The number of aromatic nitrogens is 4. The van der Waals surface area contributed by atoms with Gasteiger partial charge in [0.1, 0.15) is 12.2 Å². The predicted molar refractivity (Wildman–Crippen MR) is 79.4 cm³/mol. The first-order valence-corrected chi connectivity index (χ1v) is 7.08. The second kappa shape index (κ2) is 5.37. The van der Waals surface area contributed by atoms with E-state index >= 15 is 0 Å². The van der Waals surface area contributed by atoms with Gasteiger partial charge in [0.05, 0.1) is 12.1 Å². The molecular weight excluding hydrogens is 292 g/mol. The van der Waals surface area contributed by atoms with E-state index in [9.17, 15) is 4.79 Å². The Balaban J connectivity index is 2.01. The minimum Gasteiger partial charge on any atom is -0.408 e.